The second-order valence-corrected chi connectivity index (χ2v) is 3.92. The predicted molar refractivity (Wildman–Crippen MR) is 59.9 cm³/mol. The van der Waals surface area contributed by atoms with E-state index in [1.165, 1.54) is 11.1 Å². The van der Waals surface area contributed by atoms with Crippen LogP contribution in [0.15, 0.2) is 18.2 Å². The van der Waals surface area contributed by atoms with Crippen molar-refractivity contribution in [3.63, 3.8) is 0 Å². The van der Waals surface area contributed by atoms with Gasteiger partial charge < -0.3 is 5.73 Å². The van der Waals surface area contributed by atoms with Crippen molar-refractivity contribution in [2.75, 3.05) is 14.1 Å². The normalized spacial score (nSPS) is 12.6. The highest BCUT2D eigenvalue weighted by Crippen LogP contribution is 2.11. The Balaban J connectivity index is 2.67. The molecule has 6 heteroatoms. The maximum atomic E-state index is 13.3. The highest BCUT2D eigenvalue weighted by atomic mass is 19.1. The number of benzene rings is 1. The lowest BCUT2D eigenvalue weighted by molar-refractivity contribution is -0.126. The van der Waals surface area contributed by atoms with E-state index in [4.69, 9.17) is 5.73 Å². The van der Waals surface area contributed by atoms with Gasteiger partial charge in [-0.15, -0.1) is 0 Å². The third-order valence-electron chi connectivity index (χ3n) is 2.13. The van der Waals surface area contributed by atoms with Gasteiger partial charge in [0.1, 0.15) is 11.6 Å². The zero-order chi connectivity index (χ0) is 13.0. The van der Waals surface area contributed by atoms with Gasteiger partial charge in [-0.2, -0.15) is 0 Å². The summed E-state index contributed by atoms with van der Waals surface area (Å²) in [4.78, 5) is 11.5. The molecule has 0 saturated carbocycles. The molecule has 1 unspecified atom stereocenters. The molecular weight excluding hydrogens is 228 g/mol. The number of hydrogen-bond donors (Lipinski definition) is 2. The van der Waals surface area contributed by atoms with E-state index in [2.05, 4.69) is 5.43 Å². The number of carbonyl (C=O) groups excluding carboxylic acids is 1. The highest BCUT2D eigenvalue weighted by molar-refractivity contribution is 5.81. The van der Waals surface area contributed by atoms with Gasteiger partial charge in [-0.1, -0.05) is 6.07 Å². The molecule has 1 aromatic rings. The Morgan fingerprint density at radius 3 is 2.65 bits per heavy atom. The van der Waals surface area contributed by atoms with Crippen molar-refractivity contribution in [2.24, 2.45) is 5.73 Å². The summed E-state index contributed by atoms with van der Waals surface area (Å²) in [6.45, 7) is 0. The molecule has 4 nitrogen and oxygen atoms in total. The lowest BCUT2D eigenvalue weighted by atomic mass is 10.1. The molecule has 94 valence electrons. The average molecular weight is 243 g/mol. The highest BCUT2D eigenvalue weighted by Gasteiger charge is 2.16. The van der Waals surface area contributed by atoms with E-state index in [-0.39, 0.29) is 12.0 Å². The molecule has 0 saturated heterocycles. The number of carbonyl (C=O) groups is 1. The van der Waals surface area contributed by atoms with Crippen molar-refractivity contribution in [1.29, 1.82) is 0 Å². The summed E-state index contributed by atoms with van der Waals surface area (Å²) in [6.07, 6.45) is 0.0196. The van der Waals surface area contributed by atoms with Gasteiger partial charge in [-0.25, -0.2) is 13.8 Å². The maximum absolute atomic E-state index is 13.3. The first kappa shape index (κ1) is 13.5. The van der Waals surface area contributed by atoms with Gasteiger partial charge in [0.05, 0.1) is 6.04 Å². The van der Waals surface area contributed by atoms with Crippen LogP contribution in [0.5, 0.6) is 0 Å². The number of nitrogens with one attached hydrogen (secondary N) is 1. The number of hydrazine groups is 1. The van der Waals surface area contributed by atoms with Gasteiger partial charge in [0.2, 0.25) is 0 Å². The predicted octanol–water partition coefficient (Wildman–Crippen LogP) is 0.427. The minimum atomic E-state index is -0.877. The Bertz CT molecular complexity index is 410. The number of hydrogen-bond acceptors (Lipinski definition) is 3. The molecule has 0 radical (unpaired) electrons. The van der Waals surface area contributed by atoms with E-state index < -0.39 is 23.6 Å². The van der Waals surface area contributed by atoms with Gasteiger partial charge in [-0.05, 0) is 18.1 Å². The summed E-state index contributed by atoms with van der Waals surface area (Å²) in [5.41, 5.74) is 8.29. The standard InChI is InChI=1S/C11H15F2N3O/c1-16(2)15-11(17)10(14)5-7-3-4-8(12)6-9(7)13/h3-4,6,10H,5,14H2,1-2H3,(H,15,17). The van der Waals surface area contributed by atoms with Crippen molar-refractivity contribution in [2.45, 2.75) is 12.5 Å². The summed E-state index contributed by atoms with van der Waals surface area (Å²) in [7, 11) is 3.28. The molecule has 17 heavy (non-hydrogen) atoms. The number of amides is 1. The molecule has 0 aromatic heterocycles. The third kappa shape index (κ3) is 4.08. The summed E-state index contributed by atoms with van der Waals surface area (Å²) >= 11 is 0. The maximum Gasteiger partial charge on any atom is 0.251 e. The van der Waals surface area contributed by atoms with Crippen LogP contribution in [0, 0.1) is 11.6 Å². The fourth-order valence-corrected chi connectivity index (χ4v) is 1.32. The molecule has 0 fully saturated rings. The SMILES string of the molecule is CN(C)NC(=O)C(N)Cc1ccc(F)cc1F. The lowest BCUT2D eigenvalue weighted by Gasteiger charge is -2.16. The van der Waals surface area contributed by atoms with E-state index in [1.54, 1.807) is 14.1 Å². The Morgan fingerprint density at radius 2 is 2.12 bits per heavy atom. The minimum absolute atomic E-state index is 0.0196. The van der Waals surface area contributed by atoms with Gasteiger partial charge >= 0.3 is 0 Å². The lowest BCUT2D eigenvalue weighted by Crippen LogP contribution is -2.47. The van der Waals surface area contributed by atoms with Crippen LogP contribution >= 0.6 is 0 Å². The molecule has 0 heterocycles. The Labute approximate surface area is 98.4 Å². The van der Waals surface area contributed by atoms with Gasteiger partial charge in [0, 0.05) is 20.2 Å². The Kier molecular flexibility index (Phi) is 4.53. The van der Waals surface area contributed by atoms with Crippen LogP contribution in [0.3, 0.4) is 0 Å². The van der Waals surface area contributed by atoms with E-state index in [9.17, 15) is 13.6 Å². The Morgan fingerprint density at radius 1 is 1.47 bits per heavy atom. The molecular formula is C11H15F2N3O. The molecule has 0 spiro atoms. The van der Waals surface area contributed by atoms with Crippen molar-refractivity contribution in [3.8, 4) is 0 Å². The van der Waals surface area contributed by atoms with Crippen LogP contribution in [0.4, 0.5) is 8.78 Å². The summed E-state index contributed by atoms with van der Waals surface area (Å²) < 4.78 is 26.0. The molecule has 1 atom stereocenters. The van der Waals surface area contributed by atoms with Gasteiger partial charge in [0.25, 0.3) is 5.91 Å². The van der Waals surface area contributed by atoms with E-state index >= 15 is 0 Å². The molecule has 0 bridgehead atoms. The van der Waals surface area contributed by atoms with Crippen molar-refractivity contribution < 1.29 is 13.6 Å². The van der Waals surface area contributed by atoms with Crippen LogP contribution in [0.1, 0.15) is 5.56 Å². The zero-order valence-electron chi connectivity index (χ0n) is 9.71. The smallest absolute Gasteiger partial charge is 0.251 e. The average Bonchev–Trinajstić information content (AvgIpc) is 2.21. The zero-order valence-corrected chi connectivity index (χ0v) is 9.71. The third-order valence-corrected chi connectivity index (χ3v) is 2.13. The Hall–Kier alpha value is -1.53. The second-order valence-electron chi connectivity index (χ2n) is 3.92. The topological polar surface area (TPSA) is 58.4 Å². The van der Waals surface area contributed by atoms with Crippen LogP contribution in [-0.2, 0) is 11.2 Å². The van der Waals surface area contributed by atoms with E-state index in [0.29, 0.717) is 0 Å². The molecule has 3 N–H and O–H groups in total. The van der Waals surface area contributed by atoms with Gasteiger partial charge in [0.15, 0.2) is 0 Å². The molecule has 1 rings (SSSR count). The molecule has 1 amide bonds. The van der Waals surface area contributed by atoms with Crippen LogP contribution in [-0.4, -0.2) is 31.1 Å². The van der Waals surface area contributed by atoms with Crippen LogP contribution in [0.2, 0.25) is 0 Å². The molecule has 0 aliphatic rings. The quantitative estimate of drug-likeness (QED) is 0.754. The largest absolute Gasteiger partial charge is 0.320 e. The van der Waals surface area contributed by atoms with E-state index in [1.807, 2.05) is 0 Å². The van der Waals surface area contributed by atoms with Crippen molar-refractivity contribution in [3.05, 3.63) is 35.4 Å². The van der Waals surface area contributed by atoms with Crippen LogP contribution < -0.4 is 11.2 Å². The molecule has 1 aromatic carbocycles. The summed E-state index contributed by atoms with van der Waals surface area (Å²) in [5.74, 6) is -1.77. The monoisotopic (exact) mass is 243 g/mol. The second kappa shape index (κ2) is 5.70. The number of rotatable bonds is 4. The number of halogens is 2. The summed E-state index contributed by atoms with van der Waals surface area (Å²) in [6, 6.07) is 2.31. The molecule has 0 aliphatic carbocycles. The molecule has 0 aliphatic heterocycles. The fourth-order valence-electron chi connectivity index (χ4n) is 1.32. The van der Waals surface area contributed by atoms with Crippen molar-refractivity contribution >= 4 is 5.91 Å². The number of nitrogens with two attached hydrogens (primary N) is 1. The van der Waals surface area contributed by atoms with Crippen molar-refractivity contribution in [1.82, 2.24) is 10.4 Å². The first-order valence-corrected chi connectivity index (χ1v) is 5.07. The first-order chi connectivity index (χ1) is 7.90. The fraction of sp³-hybridized carbons (Fsp3) is 0.364. The minimum Gasteiger partial charge on any atom is -0.320 e. The summed E-state index contributed by atoms with van der Waals surface area (Å²) in [5, 5.41) is 1.45. The first-order valence-electron chi connectivity index (χ1n) is 5.07. The number of nitrogens with zero attached hydrogens (tertiary/aromatic N) is 1. The van der Waals surface area contributed by atoms with E-state index in [0.717, 1.165) is 12.1 Å². The van der Waals surface area contributed by atoms with Crippen LogP contribution in [0.25, 0.3) is 0 Å². The van der Waals surface area contributed by atoms with Gasteiger partial charge in [-0.3, -0.25) is 10.2 Å².